The second kappa shape index (κ2) is 6.91. The van der Waals surface area contributed by atoms with Gasteiger partial charge in [0.2, 0.25) is 0 Å². The van der Waals surface area contributed by atoms with Crippen molar-refractivity contribution in [3.8, 4) is 0 Å². The summed E-state index contributed by atoms with van der Waals surface area (Å²) in [6.45, 7) is 11.0. The van der Waals surface area contributed by atoms with E-state index in [0.717, 1.165) is 32.7 Å². The van der Waals surface area contributed by atoms with E-state index in [1.54, 1.807) is 7.11 Å². The van der Waals surface area contributed by atoms with Crippen molar-refractivity contribution in [2.75, 3.05) is 33.4 Å². The van der Waals surface area contributed by atoms with Gasteiger partial charge in [0.05, 0.1) is 5.54 Å². The summed E-state index contributed by atoms with van der Waals surface area (Å²) in [6, 6.07) is 10.9. The molecule has 1 heterocycles. The van der Waals surface area contributed by atoms with Crippen LogP contribution in [-0.2, 0) is 10.3 Å². The van der Waals surface area contributed by atoms with Crippen molar-refractivity contribution in [2.45, 2.75) is 44.7 Å². The van der Waals surface area contributed by atoms with Gasteiger partial charge in [0.15, 0.2) is 0 Å². The van der Waals surface area contributed by atoms with Gasteiger partial charge >= 0.3 is 0 Å². The van der Waals surface area contributed by atoms with E-state index >= 15 is 0 Å². The summed E-state index contributed by atoms with van der Waals surface area (Å²) in [4.78, 5) is 2.65. The van der Waals surface area contributed by atoms with Gasteiger partial charge < -0.3 is 10.1 Å². The molecule has 1 aromatic rings. The molecule has 3 nitrogen and oxygen atoms in total. The molecular weight excluding hydrogens is 260 g/mol. The fraction of sp³-hybridized carbons (Fsp3) is 0.667. The maximum atomic E-state index is 5.18. The normalized spacial score (nSPS) is 25.9. The monoisotopic (exact) mass is 290 g/mol. The maximum Gasteiger partial charge on any atom is 0.0558 e. The molecule has 118 valence electrons. The smallest absolute Gasteiger partial charge is 0.0558 e. The van der Waals surface area contributed by atoms with Crippen molar-refractivity contribution in [2.24, 2.45) is 0 Å². The Morgan fingerprint density at radius 1 is 1.14 bits per heavy atom. The fourth-order valence-corrected chi connectivity index (χ4v) is 3.19. The number of benzene rings is 1. The van der Waals surface area contributed by atoms with Crippen LogP contribution in [0, 0.1) is 0 Å². The predicted molar refractivity (Wildman–Crippen MR) is 88.6 cm³/mol. The molecule has 0 aliphatic carbocycles. The van der Waals surface area contributed by atoms with Crippen molar-refractivity contribution in [3.05, 3.63) is 35.9 Å². The first-order valence-electron chi connectivity index (χ1n) is 8.02. The summed E-state index contributed by atoms with van der Waals surface area (Å²) >= 11 is 0. The zero-order valence-corrected chi connectivity index (χ0v) is 14.0. The van der Waals surface area contributed by atoms with Crippen molar-refractivity contribution in [1.82, 2.24) is 10.2 Å². The topological polar surface area (TPSA) is 24.5 Å². The number of nitrogens with zero attached hydrogens (tertiary/aromatic N) is 1. The highest BCUT2D eigenvalue weighted by Crippen LogP contribution is 2.33. The van der Waals surface area contributed by atoms with Gasteiger partial charge in [0.25, 0.3) is 0 Å². The number of hydrogen-bond donors (Lipinski definition) is 1. The van der Waals surface area contributed by atoms with Gasteiger partial charge in [-0.15, -0.1) is 0 Å². The average molecular weight is 290 g/mol. The van der Waals surface area contributed by atoms with Crippen LogP contribution in [-0.4, -0.2) is 43.8 Å². The lowest BCUT2D eigenvalue weighted by Gasteiger charge is -2.51. The molecule has 0 bridgehead atoms. The maximum absolute atomic E-state index is 5.18. The largest absolute Gasteiger partial charge is 0.385 e. The van der Waals surface area contributed by atoms with E-state index in [-0.39, 0.29) is 11.1 Å². The van der Waals surface area contributed by atoms with Crippen LogP contribution >= 0.6 is 0 Å². The van der Waals surface area contributed by atoms with Crippen molar-refractivity contribution in [1.29, 1.82) is 0 Å². The summed E-state index contributed by atoms with van der Waals surface area (Å²) in [7, 11) is 1.78. The molecule has 1 unspecified atom stereocenters. The van der Waals surface area contributed by atoms with E-state index in [1.807, 2.05) is 0 Å². The molecule has 3 heteroatoms. The van der Waals surface area contributed by atoms with Gasteiger partial charge in [-0.2, -0.15) is 0 Å². The molecule has 21 heavy (non-hydrogen) atoms. The number of methoxy groups -OCH3 is 1. The van der Waals surface area contributed by atoms with E-state index in [1.165, 1.54) is 12.0 Å². The van der Waals surface area contributed by atoms with Crippen molar-refractivity contribution in [3.63, 3.8) is 0 Å². The second-order valence-electron chi connectivity index (χ2n) is 7.00. The molecular formula is C18H30N2O. The SMILES string of the molecule is COCCCCN1CC(C)(C)NCC1(C)c1ccccc1. The van der Waals surface area contributed by atoms with Crippen LogP contribution in [0.4, 0.5) is 0 Å². The van der Waals surface area contributed by atoms with E-state index in [9.17, 15) is 0 Å². The number of nitrogens with one attached hydrogen (secondary N) is 1. The Morgan fingerprint density at radius 2 is 1.86 bits per heavy atom. The Kier molecular flexibility index (Phi) is 5.42. The molecule has 0 saturated carbocycles. The molecule has 1 atom stereocenters. The quantitative estimate of drug-likeness (QED) is 0.815. The Labute approximate surface area is 129 Å². The Bertz CT molecular complexity index is 432. The molecule has 1 saturated heterocycles. The van der Waals surface area contributed by atoms with Crippen LogP contribution in [0.1, 0.15) is 39.2 Å². The molecule has 0 amide bonds. The summed E-state index contributed by atoms with van der Waals surface area (Å²) in [5.41, 5.74) is 1.65. The van der Waals surface area contributed by atoms with Gasteiger partial charge in [-0.3, -0.25) is 4.90 Å². The lowest BCUT2D eigenvalue weighted by molar-refractivity contribution is 0.0215. The lowest BCUT2D eigenvalue weighted by atomic mass is 9.84. The van der Waals surface area contributed by atoms with Gasteiger partial charge in [0.1, 0.15) is 0 Å². The Hall–Kier alpha value is -0.900. The first-order valence-corrected chi connectivity index (χ1v) is 8.02. The van der Waals surface area contributed by atoms with Crippen LogP contribution in [0.5, 0.6) is 0 Å². The summed E-state index contributed by atoms with van der Waals surface area (Å²) in [6.07, 6.45) is 2.32. The summed E-state index contributed by atoms with van der Waals surface area (Å²) < 4.78 is 5.18. The number of unbranched alkanes of at least 4 members (excludes halogenated alkanes) is 1. The van der Waals surface area contributed by atoms with E-state index < -0.39 is 0 Å². The molecule has 1 fully saturated rings. The predicted octanol–water partition coefficient (Wildman–Crippen LogP) is 3.01. The van der Waals surface area contributed by atoms with Crippen LogP contribution in [0.15, 0.2) is 30.3 Å². The third kappa shape index (κ3) is 4.06. The number of hydrogen-bond acceptors (Lipinski definition) is 3. The summed E-state index contributed by atoms with van der Waals surface area (Å²) in [5.74, 6) is 0. The molecule has 1 aliphatic rings. The number of rotatable bonds is 6. The minimum atomic E-state index is 0.0733. The third-order valence-electron chi connectivity index (χ3n) is 4.62. The molecule has 0 spiro atoms. The standard InChI is InChI=1S/C18H30N2O/c1-17(2)15-20(12-8-9-13-21-4)18(3,14-19-17)16-10-6-5-7-11-16/h5-7,10-11,19H,8-9,12-15H2,1-4H3. The van der Waals surface area contributed by atoms with Crippen LogP contribution in [0.3, 0.4) is 0 Å². The molecule has 0 radical (unpaired) electrons. The molecule has 1 aliphatic heterocycles. The van der Waals surface area contributed by atoms with E-state index in [2.05, 4.69) is 61.3 Å². The molecule has 1 aromatic carbocycles. The highest BCUT2D eigenvalue weighted by atomic mass is 16.5. The third-order valence-corrected chi connectivity index (χ3v) is 4.62. The lowest BCUT2D eigenvalue weighted by Crippen LogP contribution is -2.65. The molecule has 2 rings (SSSR count). The number of piperazine rings is 1. The van der Waals surface area contributed by atoms with Crippen molar-refractivity contribution < 1.29 is 4.74 Å². The van der Waals surface area contributed by atoms with Gasteiger partial charge in [-0.05, 0) is 45.7 Å². The minimum Gasteiger partial charge on any atom is -0.385 e. The summed E-state index contributed by atoms with van der Waals surface area (Å²) in [5, 5.41) is 3.71. The highest BCUT2D eigenvalue weighted by molar-refractivity contribution is 5.26. The second-order valence-corrected chi connectivity index (χ2v) is 7.00. The van der Waals surface area contributed by atoms with Gasteiger partial charge in [-0.25, -0.2) is 0 Å². The van der Waals surface area contributed by atoms with E-state index in [0.29, 0.717) is 0 Å². The zero-order chi connectivity index (χ0) is 15.3. The first-order chi connectivity index (χ1) is 9.98. The molecule has 1 N–H and O–H groups in total. The Balaban J connectivity index is 2.12. The van der Waals surface area contributed by atoms with Crippen molar-refractivity contribution >= 4 is 0 Å². The fourth-order valence-electron chi connectivity index (χ4n) is 3.19. The van der Waals surface area contributed by atoms with Gasteiger partial charge in [0, 0.05) is 32.3 Å². The minimum absolute atomic E-state index is 0.0733. The average Bonchev–Trinajstić information content (AvgIpc) is 2.48. The Morgan fingerprint density at radius 3 is 2.52 bits per heavy atom. The van der Waals surface area contributed by atoms with Crippen LogP contribution in [0.25, 0.3) is 0 Å². The zero-order valence-electron chi connectivity index (χ0n) is 14.0. The van der Waals surface area contributed by atoms with E-state index in [4.69, 9.17) is 4.74 Å². The van der Waals surface area contributed by atoms with Crippen LogP contribution < -0.4 is 5.32 Å². The first kappa shape index (κ1) is 16.5. The number of ether oxygens (including phenoxy) is 1. The van der Waals surface area contributed by atoms with Gasteiger partial charge in [-0.1, -0.05) is 30.3 Å². The van der Waals surface area contributed by atoms with Crippen LogP contribution in [0.2, 0.25) is 0 Å². The highest BCUT2D eigenvalue weighted by Gasteiger charge is 2.41. The molecule has 0 aromatic heterocycles.